The van der Waals surface area contributed by atoms with Crippen LogP contribution in [0.15, 0.2) is 24.3 Å². The maximum Gasteiger partial charge on any atom is 0.236 e. The zero-order chi connectivity index (χ0) is 20.7. The van der Waals surface area contributed by atoms with Crippen LogP contribution in [0.2, 0.25) is 0 Å². The number of benzene rings is 1. The molecule has 1 fully saturated rings. The molecule has 0 spiro atoms. The molecule has 156 valence electrons. The van der Waals surface area contributed by atoms with E-state index >= 15 is 0 Å². The quantitative estimate of drug-likeness (QED) is 0.758. The number of amides is 2. The Labute approximate surface area is 168 Å². The number of rotatable bonds is 7. The third-order valence-corrected chi connectivity index (χ3v) is 4.62. The number of nitrogens with one attached hydrogen (secondary N) is 1. The van der Waals surface area contributed by atoms with Gasteiger partial charge >= 0.3 is 0 Å². The standard InChI is InChI=1S/C21H34N4O3/c1-21(2,3)22-19(26)15-24-10-12-25(13-11-24)20(27)16-23(4)14-17-6-8-18(28-5)9-7-17/h6-9H,10-16H2,1-5H3,(H,22,26). The van der Waals surface area contributed by atoms with Gasteiger partial charge in [0.2, 0.25) is 11.8 Å². The van der Waals surface area contributed by atoms with Gasteiger partial charge in [-0.2, -0.15) is 0 Å². The van der Waals surface area contributed by atoms with Gasteiger partial charge in [-0.25, -0.2) is 0 Å². The van der Waals surface area contributed by atoms with Crippen molar-refractivity contribution in [2.45, 2.75) is 32.9 Å². The highest BCUT2D eigenvalue weighted by molar-refractivity contribution is 5.79. The van der Waals surface area contributed by atoms with Gasteiger partial charge < -0.3 is 15.0 Å². The summed E-state index contributed by atoms with van der Waals surface area (Å²) in [6.45, 7) is 10.2. The van der Waals surface area contributed by atoms with E-state index in [0.29, 0.717) is 32.7 Å². The number of piperazine rings is 1. The lowest BCUT2D eigenvalue weighted by Gasteiger charge is -2.35. The van der Waals surface area contributed by atoms with Gasteiger partial charge in [0.15, 0.2) is 0 Å². The number of nitrogens with zero attached hydrogens (tertiary/aromatic N) is 3. The van der Waals surface area contributed by atoms with Gasteiger partial charge in [0.1, 0.15) is 5.75 Å². The van der Waals surface area contributed by atoms with Gasteiger partial charge in [0, 0.05) is 38.3 Å². The predicted octanol–water partition coefficient (Wildman–Crippen LogP) is 1.19. The molecule has 0 unspecified atom stereocenters. The molecule has 2 amide bonds. The van der Waals surface area contributed by atoms with Crippen LogP contribution in [0.3, 0.4) is 0 Å². The summed E-state index contributed by atoms with van der Waals surface area (Å²) >= 11 is 0. The predicted molar refractivity (Wildman–Crippen MR) is 110 cm³/mol. The maximum atomic E-state index is 12.6. The van der Waals surface area contributed by atoms with Crippen LogP contribution in [0.5, 0.6) is 5.75 Å². The Morgan fingerprint density at radius 2 is 1.71 bits per heavy atom. The lowest BCUT2D eigenvalue weighted by molar-refractivity contribution is -0.134. The lowest BCUT2D eigenvalue weighted by Crippen LogP contribution is -2.54. The van der Waals surface area contributed by atoms with Crippen molar-refractivity contribution in [2.75, 3.05) is 53.4 Å². The van der Waals surface area contributed by atoms with Crippen molar-refractivity contribution in [3.05, 3.63) is 29.8 Å². The Morgan fingerprint density at radius 3 is 2.25 bits per heavy atom. The van der Waals surface area contributed by atoms with Gasteiger partial charge in [-0.15, -0.1) is 0 Å². The molecule has 28 heavy (non-hydrogen) atoms. The first kappa shape index (κ1) is 22.2. The number of methoxy groups -OCH3 is 1. The lowest BCUT2D eigenvalue weighted by atomic mass is 10.1. The zero-order valence-corrected chi connectivity index (χ0v) is 17.8. The second kappa shape index (κ2) is 9.89. The minimum absolute atomic E-state index is 0.0338. The Kier molecular flexibility index (Phi) is 7.83. The summed E-state index contributed by atoms with van der Waals surface area (Å²) in [6.07, 6.45) is 0. The van der Waals surface area contributed by atoms with Crippen LogP contribution in [0.4, 0.5) is 0 Å². The summed E-state index contributed by atoms with van der Waals surface area (Å²) in [6, 6.07) is 7.89. The highest BCUT2D eigenvalue weighted by Crippen LogP contribution is 2.13. The van der Waals surface area contributed by atoms with Gasteiger partial charge in [-0.1, -0.05) is 12.1 Å². The van der Waals surface area contributed by atoms with Crippen LogP contribution in [-0.4, -0.2) is 85.5 Å². The van der Waals surface area contributed by atoms with E-state index in [1.165, 1.54) is 0 Å². The smallest absolute Gasteiger partial charge is 0.236 e. The topological polar surface area (TPSA) is 65.1 Å². The summed E-state index contributed by atoms with van der Waals surface area (Å²) < 4.78 is 5.17. The number of hydrogen-bond donors (Lipinski definition) is 1. The van der Waals surface area contributed by atoms with E-state index in [9.17, 15) is 9.59 Å². The Hall–Kier alpha value is -2.12. The van der Waals surface area contributed by atoms with Crippen molar-refractivity contribution in [1.82, 2.24) is 20.0 Å². The molecule has 7 heteroatoms. The molecular weight excluding hydrogens is 356 g/mol. The number of carbonyl (C=O) groups excluding carboxylic acids is 2. The van der Waals surface area contributed by atoms with E-state index in [4.69, 9.17) is 4.74 Å². The zero-order valence-electron chi connectivity index (χ0n) is 17.8. The van der Waals surface area contributed by atoms with Gasteiger partial charge in [-0.3, -0.25) is 19.4 Å². The molecule has 1 aromatic carbocycles. The van der Waals surface area contributed by atoms with Gasteiger partial charge in [0.05, 0.1) is 20.2 Å². The number of likely N-dealkylation sites (N-methyl/N-ethyl adjacent to an activating group) is 1. The molecule has 2 rings (SSSR count). The molecule has 0 bridgehead atoms. The molecule has 1 aliphatic rings. The number of hydrogen-bond acceptors (Lipinski definition) is 5. The molecule has 1 aromatic rings. The first-order chi connectivity index (χ1) is 13.2. The molecule has 7 nitrogen and oxygen atoms in total. The molecule has 1 heterocycles. The molecule has 1 saturated heterocycles. The maximum absolute atomic E-state index is 12.6. The first-order valence-electron chi connectivity index (χ1n) is 9.79. The van der Waals surface area contributed by atoms with Crippen LogP contribution >= 0.6 is 0 Å². The second-order valence-electron chi connectivity index (χ2n) is 8.48. The Morgan fingerprint density at radius 1 is 1.11 bits per heavy atom. The summed E-state index contributed by atoms with van der Waals surface area (Å²) in [4.78, 5) is 30.7. The molecule has 0 aromatic heterocycles. The molecule has 1 aliphatic heterocycles. The van der Waals surface area contributed by atoms with Crippen LogP contribution in [0.25, 0.3) is 0 Å². The molecule has 0 radical (unpaired) electrons. The monoisotopic (exact) mass is 390 g/mol. The van der Waals surface area contributed by atoms with Crippen LogP contribution in [-0.2, 0) is 16.1 Å². The van der Waals surface area contributed by atoms with Crippen molar-refractivity contribution in [1.29, 1.82) is 0 Å². The van der Waals surface area contributed by atoms with E-state index in [0.717, 1.165) is 24.4 Å². The van der Waals surface area contributed by atoms with Crippen LogP contribution < -0.4 is 10.1 Å². The third kappa shape index (κ3) is 7.48. The Bertz CT molecular complexity index is 647. The fraction of sp³-hybridized carbons (Fsp3) is 0.619. The summed E-state index contributed by atoms with van der Waals surface area (Å²) in [5, 5.41) is 2.98. The average molecular weight is 391 g/mol. The van der Waals surface area contributed by atoms with E-state index < -0.39 is 0 Å². The summed E-state index contributed by atoms with van der Waals surface area (Å²) in [5.41, 5.74) is 0.925. The normalized spacial score (nSPS) is 15.6. The summed E-state index contributed by atoms with van der Waals surface area (Å²) in [5.74, 6) is 0.998. The molecule has 1 N–H and O–H groups in total. The van der Waals surface area contributed by atoms with Gasteiger partial charge in [-0.05, 0) is 45.5 Å². The van der Waals surface area contributed by atoms with Crippen molar-refractivity contribution in [2.24, 2.45) is 0 Å². The van der Waals surface area contributed by atoms with Crippen molar-refractivity contribution in [3.8, 4) is 5.75 Å². The third-order valence-electron chi connectivity index (χ3n) is 4.62. The number of carbonyl (C=O) groups is 2. The van der Waals surface area contributed by atoms with E-state index in [1.807, 2.05) is 61.9 Å². The second-order valence-corrected chi connectivity index (χ2v) is 8.48. The van der Waals surface area contributed by atoms with Crippen molar-refractivity contribution in [3.63, 3.8) is 0 Å². The van der Waals surface area contributed by atoms with Crippen LogP contribution in [0, 0.1) is 0 Å². The number of ether oxygens (including phenoxy) is 1. The van der Waals surface area contributed by atoms with Crippen LogP contribution in [0.1, 0.15) is 26.3 Å². The fourth-order valence-corrected chi connectivity index (χ4v) is 3.25. The van der Waals surface area contributed by atoms with Crippen molar-refractivity contribution < 1.29 is 14.3 Å². The summed E-state index contributed by atoms with van der Waals surface area (Å²) in [7, 11) is 3.60. The largest absolute Gasteiger partial charge is 0.497 e. The SMILES string of the molecule is COc1ccc(CN(C)CC(=O)N2CCN(CC(=O)NC(C)(C)C)CC2)cc1. The van der Waals surface area contributed by atoms with E-state index in [2.05, 4.69) is 10.2 Å². The van der Waals surface area contributed by atoms with E-state index in [1.54, 1.807) is 7.11 Å². The van der Waals surface area contributed by atoms with Crippen molar-refractivity contribution >= 4 is 11.8 Å². The fourth-order valence-electron chi connectivity index (χ4n) is 3.25. The Balaban J connectivity index is 1.72. The minimum atomic E-state index is -0.219. The first-order valence-corrected chi connectivity index (χ1v) is 9.79. The minimum Gasteiger partial charge on any atom is -0.497 e. The highest BCUT2D eigenvalue weighted by Gasteiger charge is 2.24. The molecular formula is C21H34N4O3. The molecule has 0 aliphatic carbocycles. The van der Waals surface area contributed by atoms with E-state index in [-0.39, 0.29) is 17.4 Å². The molecule has 0 saturated carbocycles. The van der Waals surface area contributed by atoms with Gasteiger partial charge in [0.25, 0.3) is 0 Å². The average Bonchev–Trinajstić information content (AvgIpc) is 2.61. The molecule has 0 atom stereocenters. The highest BCUT2D eigenvalue weighted by atomic mass is 16.5.